The Kier molecular flexibility index (Phi) is 6.75. The predicted octanol–water partition coefficient (Wildman–Crippen LogP) is 5.58. The molecule has 0 spiro atoms. The molecule has 0 saturated carbocycles. The fourth-order valence-electron chi connectivity index (χ4n) is 4.41. The number of aromatic carboxylic acids is 2. The lowest BCUT2D eigenvalue weighted by molar-refractivity contribution is 0.0696. The zero-order valence-electron chi connectivity index (χ0n) is 19.8. The van der Waals surface area contributed by atoms with E-state index in [-0.39, 0.29) is 11.1 Å². The number of hydrogen-bond acceptors (Lipinski definition) is 6. The van der Waals surface area contributed by atoms with Gasteiger partial charge >= 0.3 is 11.9 Å². The molecule has 1 aliphatic heterocycles. The molecule has 1 saturated heterocycles. The highest BCUT2D eigenvalue weighted by molar-refractivity contribution is 7.80. The Balaban J connectivity index is 1.62. The second-order valence-corrected chi connectivity index (χ2v) is 9.22. The molecule has 9 nitrogen and oxygen atoms in total. The molecule has 5 rings (SSSR count). The van der Waals surface area contributed by atoms with Crippen molar-refractivity contribution < 1.29 is 29.0 Å². The van der Waals surface area contributed by atoms with Crippen molar-refractivity contribution in [3.8, 4) is 17.1 Å². The van der Waals surface area contributed by atoms with Crippen LogP contribution in [0.25, 0.3) is 11.3 Å². The van der Waals surface area contributed by atoms with E-state index >= 15 is 0 Å². The number of benzene rings is 2. The highest BCUT2D eigenvalue weighted by Gasteiger charge is 2.42. The number of nitrogens with one attached hydrogen (secondary N) is 1. The van der Waals surface area contributed by atoms with Crippen molar-refractivity contribution in [3.05, 3.63) is 101 Å². The van der Waals surface area contributed by atoms with Gasteiger partial charge in [0.05, 0.1) is 35.0 Å². The zero-order chi connectivity index (χ0) is 27.0. The summed E-state index contributed by atoms with van der Waals surface area (Å²) in [4.78, 5) is 29.6. The van der Waals surface area contributed by atoms with Crippen LogP contribution in [0.5, 0.6) is 5.75 Å². The van der Waals surface area contributed by atoms with Crippen LogP contribution in [0.4, 0.5) is 5.69 Å². The van der Waals surface area contributed by atoms with E-state index in [4.69, 9.17) is 33.0 Å². The van der Waals surface area contributed by atoms with Crippen molar-refractivity contribution in [2.45, 2.75) is 12.1 Å². The average Bonchev–Trinajstić information content (AvgIpc) is 3.53. The van der Waals surface area contributed by atoms with Crippen LogP contribution >= 0.6 is 23.8 Å². The van der Waals surface area contributed by atoms with E-state index in [2.05, 4.69) is 10.3 Å². The number of ether oxygens (including phenoxy) is 1. The maximum Gasteiger partial charge on any atom is 0.335 e. The third-order valence-corrected chi connectivity index (χ3v) is 6.75. The number of carboxylic acid groups (broad SMARTS) is 2. The summed E-state index contributed by atoms with van der Waals surface area (Å²) in [5.41, 5.74) is 1.40. The highest BCUT2D eigenvalue weighted by atomic mass is 35.5. The Hall–Kier alpha value is -4.41. The maximum absolute atomic E-state index is 11.6. The molecule has 11 heteroatoms. The smallest absolute Gasteiger partial charge is 0.335 e. The number of furan rings is 1. The summed E-state index contributed by atoms with van der Waals surface area (Å²) in [6.45, 7) is 0. The van der Waals surface area contributed by atoms with Crippen LogP contribution in [-0.2, 0) is 0 Å². The third-order valence-electron chi connectivity index (χ3n) is 6.14. The molecule has 2 atom stereocenters. The quantitative estimate of drug-likeness (QED) is 0.252. The number of thiocarbonyl (C=S) groups is 1. The Labute approximate surface area is 227 Å². The number of methoxy groups -OCH3 is 1. The van der Waals surface area contributed by atoms with Gasteiger partial charge in [-0.15, -0.1) is 0 Å². The van der Waals surface area contributed by atoms with Gasteiger partial charge in [-0.2, -0.15) is 0 Å². The van der Waals surface area contributed by atoms with Crippen molar-refractivity contribution in [2.75, 3.05) is 12.0 Å². The van der Waals surface area contributed by atoms with Crippen molar-refractivity contribution in [2.24, 2.45) is 0 Å². The van der Waals surface area contributed by atoms with E-state index in [0.717, 1.165) is 11.8 Å². The molecule has 0 aliphatic carbocycles. The first-order valence-corrected chi connectivity index (χ1v) is 12.1. The lowest BCUT2D eigenvalue weighted by atomic mass is 10.0. The highest BCUT2D eigenvalue weighted by Crippen LogP contribution is 2.44. The molecular weight excluding hydrogens is 530 g/mol. The Morgan fingerprint density at radius 2 is 1.79 bits per heavy atom. The summed E-state index contributed by atoms with van der Waals surface area (Å²) in [5.74, 6) is -1.18. The number of halogens is 1. The minimum Gasteiger partial charge on any atom is -0.495 e. The molecule has 2 aromatic carbocycles. The van der Waals surface area contributed by atoms with Crippen LogP contribution < -0.4 is 15.0 Å². The summed E-state index contributed by atoms with van der Waals surface area (Å²) in [6, 6.07) is 17.2. The van der Waals surface area contributed by atoms with E-state index < -0.39 is 24.0 Å². The molecule has 0 amide bonds. The van der Waals surface area contributed by atoms with Gasteiger partial charge in [0.1, 0.15) is 23.3 Å². The van der Waals surface area contributed by atoms with E-state index in [1.54, 1.807) is 30.5 Å². The van der Waals surface area contributed by atoms with Gasteiger partial charge < -0.3 is 29.6 Å². The summed E-state index contributed by atoms with van der Waals surface area (Å²) < 4.78 is 11.5. The number of pyridine rings is 1. The molecule has 1 fully saturated rings. The standard InChI is InChI=1S/C27H20ClN3O6S/c1-36-21-6-5-17(13-18(21)28)31-24(23(30-27(31)38)19-4-2-3-9-29-19)22-8-7-20(37-22)14-10-15(25(32)33)12-16(11-14)26(34)35/h2-13,23-24H,1H3,(H,30,38)(H,32,33)(H,34,35)/t23-,24-/m0/s1. The van der Waals surface area contributed by atoms with Crippen LogP contribution in [0.15, 0.2) is 77.3 Å². The Morgan fingerprint density at radius 1 is 1.05 bits per heavy atom. The summed E-state index contributed by atoms with van der Waals surface area (Å²) in [6.07, 6.45) is 1.68. The van der Waals surface area contributed by atoms with Crippen LogP contribution in [0.2, 0.25) is 5.02 Å². The predicted molar refractivity (Wildman–Crippen MR) is 144 cm³/mol. The van der Waals surface area contributed by atoms with Crippen LogP contribution in [0, 0.1) is 0 Å². The van der Waals surface area contributed by atoms with Gasteiger partial charge in [0.25, 0.3) is 0 Å². The van der Waals surface area contributed by atoms with Crippen LogP contribution in [0.1, 0.15) is 44.3 Å². The number of anilines is 1. The lowest BCUT2D eigenvalue weighted by Crippen LogP contribution is -2.29. The molecule has 0 bridgehead atoms. The average molecular weight is 550 g/mol. The van der Waals surface area contributed by atoms with Gasteiger partial charge in [-0.1, -0.05) is 17.7 Å². The van der Waals surface area contributed by atoms with Crippen LogP contribution in [0.3, 0.4) is 0 Å². The van der Waals surface area contributed by atoms with Gasteiger partial charge in [0, 0.05) is 17.4 Å². The lowest BCUT2D eigenvalue weighted by Gasteiger charge is -2.26. The van der Waals surface area contributed by atoms with E-state index in [9.17, 15) is 19.8 Å². The maximum atomic E-state index is 11.6. The molecule has 0 radical (unpaired) electrons. The molecule has 192 valence electrons. The SMILES string of the molecule is COc1ccc(N2C(=S)N[C@@H](c3ccccn3)[C@@H]2c2ccc(-c3cc(C(=O)O)cc(C(=O)O)c3)o2)cc1Cl. The van der Waals surface area contributed by atoms with Crippen molar-refractivity contribution >= 4 is 46.6 Å². The summed E-state index contributed by atoms with van der Waals surface area (Å²) >= 11 is 12.1. The topological polar surface area (TPSA) is 125 Å². The van der Waals surface area contributed by atoms with Gasteiger partial charge in [-0.3, -0.25) is 4.98 Å². The fraction of sp³-hybridized carbons (Fsp3) is 0.111. The van der Waals surface area contributed by atoms with Crippen molar-refractivity contribution in [1.82, 2.24) is 10.3 Å². The molecule has 3 N–H and O–H groups in total. The molecular formula is C27H20ClN3O6S. The fourth-order valence-corrected chi connectivity index (χ4v) is 5.01. The first kappa shape index (κ1) is 25.2. The van der Waals surface area contributed by atoms with Gasteiger partial charge in [-0.25, -0.2) is 9.59 Å². The number of nitrogens with zero attached hydrogens (tertiary/aromatic N) is 2. The normalized spacial score (nSPS) is 16.8. The Morgan fingerprint density at radius 3 is 2.39 bits per heavy atom. The monoisotopic (exact) mass is 549 g/mol. The zero-order valence-corrected chi connectivity index (χ0v) is 21.4. The number of carbonyl (C=O) groups is 2. The summed E-state index contributed by atoms with van der Waals surface area (Å²) in [5, 5.41) is 23.1. The second kappa shape index (κ2) is 10.2. The van der Waals surface area contributed by atoms with Crippen molar-refractivity contribution in [1.29, 1.82) is 0 Å². The molecule has 0 unspecified atom stereocenters. The van der Waals surface area contributed by atoms with Crippen molar-refractivity contribution in [3.63, 3.8) is 0 Å². The first-order chi connectivity index (χ1) is 18.3. The second-order valence-electron chi connectivity index (χ2n) is 8.43. The van der Waals surface area contributed by atoms with E-state index in [0.29, 0.717) is 38.7 Å². The number of rotatable bonds is 7. The molecule has 1 aliphatic rings. The van der Waals surface area contributed by atoms with E-state index in [1.165, 1.54) is 19.2 Å². The number of aromatic nitrogens is 1. The van der Waals surface area contributed by atoms with Crippen LogP contribution in [-0.4, -0.2) is 39.4 Å². The number of hydrogen-bond donors (Lipinski definition) is 3. The summed E-state index contributed by atoms with van der Waals surface area (Å²) in [7, 11) is 1.53. The Bertz CT molecular complexity index is 1530. The molecule has 38 heavy (non-hydrogen) atoms. The third kappa shape index (κ3) is 4.67. The van der Waals surface area contributed by atoms with Gasteiger partial charge in [0.2, 0.25) is 0 Å². The molecule has 3 heterocycles. The minimum atomic E-state index is -1.25. The first-order valence-electron chi connectivity index (χ1n) is 11.3. The number of carboxylic acids is 2. The largest absolute Gasteiger partial charge is 0.495 e. The van der Waals surface area contributed by atoms with E-state index in [1.807, 2.05) is 29.2 Å². The van der Waals surface area contributed by atoms with Gasteiger partial charge in [0.15, 0.2) is 5.11 Å². The van der Waals surface area contributed by atoms with Gasteiger partial charge in [-0.05, 0) is 72.9 Å². The molecule has 4 aromatic rings. The molecule has 2 aromatic heterocycles. The minimum absolute atomic E-state index is 0.164.